The van der Waals surface area contributed by atoms with E-state index in [0.29, 0.717) is 19.8 Å². The van der Waals surface area contributed by atoms with Crippen LogP contribution in [0.15, 0.2) is 30.3 Å². The second kappa shape index (κ2) is 11.1. The van der Waals surface area contributed by atoms with Crippen molar-refractivity contribution in [3.05, 3.63) is 35.9 Å². The van der Waals surface area contributed by atoms with E-state index in [-0.39, 0.29) is 0 Å². The van der Waals surface area contributed by atoms with Crippen LogP contribution in [0.2, 0.25) is 0 Å². The topological polar surface area (TPSA) is 83.5 Å². The second-order valence-electron chi connectivity index (χ2n) is 8.47. The smallest absolute Gasteiger partial charge is 0.422 e. The van der Waals surface area contributed by atoms with Gasteiger partial charge >= 0.3 is 13.9 Å². The van der Waals surface area contributed by atoms with Crippen LogP contribution in [0.4, 0.5) is 4.79 Å². The molecule has 0 aromatic heterocycles. The number of carbonyl (C=O) groups excluding carboxylic acids is 1. The van der Waals surface area contributed by atoms with E-state index in [1.165, 1.54) is 4.90 Å². The van der Waals surface area contributed by atoms with Gasteiger partial charge < -0.3 is 14.4 Å². The molecule has 8 nitrogen and oxygen atoms in total. The van der Waals surface area contributed by atoms with Gasteiger partial charge in [0.05, 0.1) is 24.4 Å². The largest absolute Gasteiger partial charge is 0.478 e. The number of hydrogen-bond donors (Lipinski definition) is 0. The van der Waals surface area contributed by atoms with E-state index >= 15 is 0 Å². The van der Waals surface area contributed by atoms with Crippen molar-refractivity contribution < 1.29 is 32.4 Å². The van der Waals surface area contributed by atoms with Crippen LogP contribution in [0, 0.1) is 0 Å². The molecule has 0 atom stereocenters. The van der Waals surface area contributed by atoms with Gasteiger partial charge in [0.25, 0.3) is 0 Å². The molecule has 0 saturated carbocycles. The number of amides is 1. The highest BCUT2D eigenvalue weighted by Gasteiger charge is 2.37. The lowest BCUT2D eigenvalue weighted by molar-refractivity contribution is -0.0339. The third kappa shape index (κ3) is 12.0. The second-order valence-corrected chi connectivity index (χ2v) is 9.99. The zero-order chi connectivity index (χ0) is 22.1. The van der Waals surface area contributed by atoms with Crippen molar-refractivity contribution in [2.75, 3.05) is 27.0 Å². The maximum atomic E-state index is 12.8. The van der Waals surface area contributed by atoms with Crippen LogP contribution in [0.5, 0.6) is 0 Å². The fourth-order valence-corrected chi connectivity index (χ4v) is 3.72. The summed E-state index contributed by atoms with van der Waals surface area (Å²) in [5.74, 6) is 0. The highest BCUT2D eigenvalue weighted by Crippen LogP contribution is 2.55. The molecule has 0 radical (unpaired) electrons. The highest BCUT2D eigenvalue weighted by atomic mass is 31.2. The molecule has 0 unspecified atom stereocenters. The minimum absolute atomic E-state index is 0.334. The van der Waals surface area contributed by atoms with Gasteiger partial charge in [-0.25, -0.2) is 13.9 Å². The minimum Gasteiger partial charge on any atom is -0.422 e. The van der Waals surface area contributed by atoms with Crippen molar-refractivity contribution in [2.45, 2.75) is 59.4 Å². The Morgan fingerprint density at radius 1 is 1.00 bits per heavy atom. The Bertz CT molecular complexity index is 648. The zero-order valence-electron chi connectivity index (χ0n) is 18.5. The molecule has 0 N–H and O–H groups in total. The van der Waals surface area contributed by atoms with Gasteiger partial charge in [-0.3, -0.25) is 9.05 Å². The van der Waals surface area contributed by atoms with Crippen LogP contribution in [-0.4, -0.2) is 49.2 Å². The fourth-order valence-electron chi connectivity index (χ4n) is 2.05. The molecule has 0 saturated heterocycles. The first-order valence-corrected chi connectivity index (χ1v) is 10.9. The van der Waals surface area contributed by atoms with Crippen molar-refractivity contribution in [2.24, 2.45) is 0 Å². The molecule has 0 fully saturated rings. The van der Waals surface area contributed by atoms with Gasteiger partial charge in [-0.15, -0.1) is 0 Å². The molecular weight excluding hydrogens is 397 g/mol. The number of phosphoric ester groups is 1. The van der Waals surface area contributed by atoms with Crippen molar-refractivity contribution in [3.8, 4) is 0 Å². The van der Waals surface area contributed by atoms with Crippen LogP contribution >= 0.6 is 7.82 Å². The fraction of sp³-hybridized carbons (Fsp3) is 0.650. The van der Waals surface area contributed by atoms with Gasteiger partial charge in [0.15, 0.2) is 0 Å². The summed E-state index contributed by atoms with van der Waals surface area (Å²) in [5.41, 5.74) is -0.477. The van der Waals surface area contributed by atoms with Gasteiger partial charge in [-0.1, -0.05) is 30.3 Å². The summed E-state index contributed by atoms with van der Waals surface area (Å²) in [4.78, 5) is 13.4. The summed E-state index contributed by atoms with van der Waals surface area (Å²) >= 11 is 0. The zero-order valence-corrected chi connectivity index (χ0v) is 19.4. The number of benzene rings is 1. The Labute approximate surface area is 174 Å². The first kappa shape index (κ1) is 25.6. The molecule has 1 amide bonds. The van der Waals surface area contributed by atoms with E-state index in [4.69, 9.17) is 23.0 Å². The van der Waals surface area contributed by atoms with E-state index < -0.39 is 31.9 Å². The van der Waals surface area contributed by atoms with Crippen LogP contribution in [0.25, 0.3) is 0 Å². The molecule has 0 aliphatic carbocycles. The van der Waals surface area contributed by atoms with Gasteiger partial charge in [-0.2, -0.15) is 0 Å². The first-order valence-electron chi connectivity index (χ1n) is 9.45. The average molecular weight is 431 g/mol. The van der Waals surface area contributed by atoms with Crippen LogP contribution in [0.3, 0.4) is 0 Å². The Kier molecular flexibility index (Phi) is 9.79. The van der Waals surface area contributed by atoms with Crippen LogP contribution < -0.4 is 0 Å². The van der Waals surface area contributed by atoms with Gasteiger partial charge in [0.2, 0.25) is 6.79 Å². The number of phosphoric acid groups is 1. The number of ether oxygens (including phenoxy) is 2. The van der Waals surface area contributed by atoms with Gasteiger partial charge in [0.1, 0.15) is 0 Å². The summed E-state index contributed by atoms with van der Waals surface area (Å²) in [6, 6.07) is 9.74. The van der Waals surface area contributed by atoms with Gasteiger partial charge in [-0.05, 0) is 47.1 Å². The number of carbonyl (C=O) groups is 1. The van der Waals surface area contributed by atoms with Crippen molar-refractivity contribution in [1.29, 1.82) is 0 Å². The summed E-state index contributed by atoms with van der Waals surface area (Å²) in [5, 5.41) is 0. The maximum Gasteiger partial charge on any atom is 0.478 e. The number of hydrogen-bond acceptors (Lipinski definition) is 7. The van der Waals surface area contributed by atoms with Crippen molar-refractivity contribution in [1.82, 2.24) is 4.90 Å². The molecule has 1 aromatic carbocycles. The maximum absolute atomic E-state index is 12.8. The first-order chi connectivity index (χ1) is 13.3. The predicted octanol–water partition coefficient (Wildman–Crippen LogP) is 4.98. The number of rotatable bonds is 10. The van der Waals surface area contributed by atoms with Crippen LogP contribution in [-0.2, 0) is 34.2 Å². The van der Waals surface area contributed by atoms with Crippen molar-refractivity contribution >= 4 is 13.9 Å². The quantitative estimate of drug-likeness (QED) is 0.293. The average Bonchev–Trinajstić information content (AvgIpc) is 2.55. The van der Waals surface area contributed by atoms with Crippen molar-refractivity contribution in [3.63, 3.8) is 0 Å². The van der Waals surface area contributed by atoms with Gasteiger partial charge in [0, 0.05) is 13.6 Å². The number of likely N-dealkylation sites (N-methyl/N-ethyl adjacent to an activating group) is 1. The van der Waals surface area contributed by atoms with E-state index in [2.05, 4.69) is 0 Å². The lowest BCUT2D eigenvalue weighted by atomic mass is 10.2. The van der Waals surface area contributed by atoms with E-state index in [1.54, 1.807) is 48.6 Å². The third-order valence-corrected chi connectivity index (χ3v) is 5.12. The molecule has 0 aliphatic heterocycles. The third-order valence-electron chi connectivity index (χ3n) is 3.16. The van der Waals surface area contributed by atoms with Crippen LogP contribution in [0.1, 0.15) is 47.1 Å². The Morgan fingerprint density at radius 2 is 1.55 bits per heavy atom. The monoisotopic (exact) mass is 431 g/mol. The normalized spacial score (nSPS) is 12.7. The Morgan fingerprint density at radius 3 is 2.07 bits per heavy atom. The standard InChI is InChI=1S/C20H34NO7P/c1-19(2,3)27-29(23,28-20(4,5)6)26-16-25-18(22)21(7)13-14-24-15-17-11-9-8-10-12-17/h8-12H,13-16H2,1-7H3. The molecule has 9 heteroatoms. The molecule has 0 aliphatic rings. The molecule has 0 bridgehead atoms. The minimum atomic E-state index is -3.93. The molecule has 0 spiro atoms. The summed E-state index contributed by atoms with van der Waals surface area (Å²) < 4.78 is 39.5. The molecule has 1 rings (SSSR count). The lowest BCUT2D eigenvalue weighted by Gasteiger charge is -2.30. The molecule has 1 aromatic rings. The van der Waals surface area contributed by atoms with E-state index in [0.717, 1.165) is 5.56 Å². The summed E-state index contributed by atoms with van der Waals surface area (Å²) in [6.07, 6.45) is -0.633. The number of nitrogens with zero attached hydrogens (tertiary/aromatic N) is 1. The summed E-state index contributed by atoms with van der Waals surface area (Å²) in [6.45, 7) is 10.9. The molecular formula is C20H34NO7P. The van der Waals surface area contributed by atoms with E-state index in [9.17, 15) is 9.36 Å². The summed E-state index contributed by atoms with van der Waals surface area (Å²) in [7, 11) is -2.35. The Balaban J connectivity index is 2.40. The SMILES string of the molecule is CN(CCOCc1ccccc1)C(=O)OCOP(=O)(OC(C)(C)C)OC(C)(C)C. The van der Waals surface area contributed by atoms with E-state index in [1.807, 2.05) is 30.3 Å². The lowest BCUT2D eigenvalue weighted by Crippen LogP contribution is -2.31. The molecule has 0 heterocycles. The highest BCUT2D eigenvalue weighted by molar-refractivity contribution is 7.48. The Hall–Kier alpha value is -1.44. The predicted molar refractivity (Wildman–Crippen MR) is 110 cm³/mol. The molecule has 166 valence electrons. The molecule has 29 heavy (non-hydrogen) atoms.